The van der Waals surface area contributed by atoms with Crippen LogP contribution < -0.4 is 11.1 Å². The van der Waals surface area contributed by atoms with Gasteiger partial charge in [-0.2, -0.15) is 0 Å². The van der Waals surface area contributed by atoms with E-state index in [1.165, 1.54) is 4.90 Å². The minimum atomic E-state index is -0.612. The number of likely N-dealkylation sites (N-methyl/N-ethyl adjacent to an activating group) is 1. The Bertz CT molecular complexity index is 277. The Hall–Kier alpha value is -1.36. The van der Waals surface area contributed by atoms with Crippen LogP contribution in [0.4, 0.5) is 0 Å². The maximum Gasteiger partial charge on any atom is 0.240 e. The van der Waals surface area contributed by atoms with Crippen LogP contribution in [0.15, 0.2) is 12.7 Å². The highest BCUT2D eigenvalue weighted by Gasteiger charge is 2.20. The molecule has 0 heterocycles. The molecule has 17 heavy (non-hydrogen) atoms. The van der Waals surface area contributed by atoms with Crippen molar-refractivity contribution in [2.75, 3.05) is 13.1 Å². The Morgan fingerprint density at radius 3 is 2.47 bits per heavy atom. The standard InChI is InChI=1S/C12H23N3O2/c1-5-7-10(13)12(17)15(6-2)8-11(16)14-9(3)4/h5,9-10H,1,6-8,13H2,2-4H3,(H,14,16). The molecule has 5 nitrogen and oxygen atoms in total. The quantitative estimate of drug-likeness (QED) is 0.628. The lowest BCUT2D eigenvalue weighted by molar-refractivity contribution is -0.137. The molecule has 5 heteroatoms. The molecule has 0 spiro atoms. The fourth-order valence-electron chi connectivity index (χ4n) is 1.40. The number of nitrogens with one attached hydrogen (secondary N) is 1. The second-order valence-corrected chi connectivity index (χ2v) is 4.21. The smallest absolute Gasteiger partial charge is 0.240 e. The number of nitrogens with zero attached hydrogens (tertiary/aromatic N) is 1. The average Bonchev–Trinajstić information content (AvgIpc) is 2.24. The van der Waals surface area contributed by atoms with Gasteiger partial charge < -0.3 is 16.0 Å². The van der Waals surface area contributed by atoms with Crippen molar-refractivity contribution in [3.63, 3.8) is 0 Å². The summed E-state index contributed by atoms with van der Waals surface area (Å²) in [6.45, 7) is 9.63. The van der Waals surface area contributed by atoms with Gasteiger partial charge in [0.25, 0.3) is 0 Å². The Morgan fingerprint density at radius 1 is 1.47 bits per heavy atom. The molecule has 0 fully saturated rings. The van der Waals surface area contributed by atoms with Crippen LogP contribution in [0.1, 0.15) is 27.2 Å². The van der Waals surface area contributed by atoms with Crippen molar-refractivity contribution in [2.45, 2.75) is 39.3 Å². The van der Waals surface area contributed by atoms with Crippen LogP contribution in [0.5, 0.6) is 0 Å². The van der Waals surface area contributed by atoms with E-state index in [2.05, 4.69) is 11.9 Å². The molecule has 0 saturated carbocycles. The zero-order valence-electron chi connectivity index (χ0n) is 10.9. The largest absolute Gasteiger partial charge is 0.352 e. The molecule has 1 atom stereocenters. The lowest BCUT2D eigenvalue weighted by atomic mass is 10.2. The molecule has 0 aliphatic heterocycles. The molecule has 0 rings (SSSR count). The van der Waals surface area contributed by atoms with Crippen molar-refractivity contribution >= 4 is 11.8 Å². The van der Waals surface area contributed by atoms with Crippen LogP contribution in [-0.2, 0) is 9.59 Å². The highest BCUT2D eigenvalue weighted by Crippen LogP contribution is 1.98. The first-order valence-electron chi connectivity index (χ1n) is 5.87. The first-order chi connectivity index (χ1) is 7.92. The van der Waals surface area contributed by atoms with E-state index >= 15 is 0 Å². The molecule has 0 bridgehead atoms. The number of amides is 2. The molecule has 0 radical (unpaired) electrons. The third-order valence-electron chi connectivity index (χ3n) is 2.22. The highest BCUT2D eigenvalue weighted by molar-refractivity contribution is 5.87. The third kappa shape index (κ3) is 6.06. The number of hydrogen-bond acceptors (Lipinski definition) is 3. The van der Waals surface area contributed by atoms with Gasteiger partial charge in [-0.1, -0.05) is 6.08 Å². The van der Waals surface area contributed by atoms with Crippen molar-refractivity contribution in [1.82, 2.24) is 10.2 Å². The van der Waals surface area contributed by atoms with Gasteiger partial charge in [0.1, 0.15) is 0 Å². The van der Waals surface area contributed by atoms with Crippen molar-refractivity contribution in [1.29, 1.82) is 0 Å². The molecule has 0 aromatic carbocycles. The first-order valence-corrected chi connectivity index (χ1v) is 5.87. The maximum atomic E-state index is 11.9. The lowest BCUT2D eigenvalue weighted by Gasteiger charge is -2.23. The summed E-state index contributed by atoms with van der Waals surface area (Å²) in [5.74, 6) is -0.382. The fraction of sp³-hybridized carbons (Fsp3) is 0.667. The summed E-state index contributed by atoms with van der Waals surface area (Å²) in [5, 5.41) is 2.74. The van der Waals surface area contributed by atoms with Crippen LogP contribution in [0.3, 0.4) is 0 Å². The lowest BCUT2D eigenvalue weighted by Crippen LogP contribution is -2.48. The van der Waals surface area contributed by atoms with Crippen LogP contribution >= 0.6 is 0 Å². The number of carbonyl (C=O) groups is 2. The second kappa shape index (κ2) is 7.84. The average molecular weight is 241 g/mol. The summed E-state index contributed by atoms with van der Waals surface area (Å²) < 4.78 is 0. The molecule has 0 aliphatic carbocycles. The van der Waals surface area contributed by atoms with Gasteiger partial charge >= 0.3 is 0 Å². The number of nitrogens with two attached hydrogens (primary N) is 1. The summed E-state index contributed by atoms with van der Waals surface area (Å²) in [6, 6.07) is -0.544. The van der Waals surface area contributed by atoms with Gasteiger partial charge in [-0.3, -0.25) is 9.59 Å². The highest BCUT2D eigenvalue weighted by atomic mass is 16.2. The first kappa shape index (κ1) is 15.6. The summed E-state index contributed by atoms with van der Waals surface area (Å²) in [6.07, 6.45) is 2.02. The molecular formula is C12H23N3O2. The van der Waals surface area contributed by atoms with Crippen molar-refractivity contribution in [2.24, 2.45) is 5.73 Å². The minimum absolute atomic E-state index is 0.0539. The number of hydrogen-bond donors (Lipinski definition) is 2. The zero-order chi connectivity index (χ0) is 13.4. The van der Waals surface area contributed by atoms with Gasteiger partial charge in [0.05, 0.1) is 12.6 Å². The minimum Gasteiger partial charge on any atom is -0.352 e. The van der Waals surface area contributed by atoms with Crippen molar-refractivity contribution < 1.29 is 9.59 Å². The number of carbonyl (C=O) groups excluding carboxylic acids is 2. The Labute approximate surface area is 103 Å². The molecular weight excluding hydrogens is 218 g/mol. The van der Waals surface area contributed by atoms with E-state index in [4.69, 9.17) is 5.73 Å². The fourth-order valence-corrected chi connectivity index (χ4v) is 1.40. The Morgan fingerprint density at radius 2 is 2.06 bits per heavy atom. The summed E-state index contributed by atoms with van der Waals surface area (Å²) in [7, 11) is 0. The summed E-state index contributed by atoms with van der Waals surface area (Å²) in [4.78, 5) is 24.9. The van der Waals surface area contributed by atoms with Gasteiger partial charge in [0.2, 0.25) is 11.8 Å². The van der Waals surface area contributed by atoms with E-state index in [1.807, 2.05) is 20.8 Å². The van der Waals surface area contributed by atoms with Crippen LogP contribution in [0.25, 0.3) is 0 Å². The van der Waals surface area contributed by atoms with E-state index in [0.29, 0.717) is 13.0 Å². The topological polar surface area (TPSA) is 75.4 Å². The predicted molar refractivity (Wildman–Crippen MR) is 68.3 cm³/mol. The molecule has 0 aromatic heterocycles. The SMILES string of the molecule is C=CCC(N)C(=O)N(CC)CC(=O)NC(C)C. The molecule has 3 N–H and O–H groups in total. The van der Waals surface area contributed by atoms with Gasteiger partial charge in [0, 0.05) is 12.6 Å². The second-order valence-electron chi connectivity index (χ2n) is 4.21. The predicted octanol–water partition coefficient (Wildman–Crippen LogP) is 0.263. The molecule has 0 aromatic rings. The molecule has 2 amide bonds. The summed E-state index contributed by atoms with van der Waals surface area (Å²) >= 11 is 0. The van der Waals surface area contributed by atoms with Gasteiger partial charge in [-0.25, -0.2) is 0 Å². The number of rotatable bonds is 7. The molecule has 0 aliphatic rings. The van der Waals surface area contributed by atoms with Crippen LogP contribution in [0.2, 0.25) is 0 Å². The molecule has 0 saturated heterocycles. The van der Waals surface area contributed by atoms with E-state index in [1.54, 1.807) is 6.08 Å². The Balaban J connectivity index is 4.36. The van der Waals surface area contributed by atoms with Gasteiger partial charge in [-0.05, 0) is 27.2 Å². The molecule has 1 unspecified atom stereocenters. The van der Waals surface area contributed by atoms with Crippen LogP contribution in [0, 0.1) is 0 Å². The third-order valence-corrected chi connectivity index (χ3v) is 2.22. The normalized spacial score (nSPS) is 12.1. The monoisotopic (exact) mass is 241 g/mol. The maximum absolute atomic E-state index is 11.9. The zero-order valence-corrected chi connectivity index (χ0v) is 10.9. The van der Waals surface area contributed by atoms with E-state index in [-0.39, 0.29) is 24.4 Å². The van der Waals surface area contributed by atoms with Crippen molar-refractivity contribution in [3.8, 4) is 0 Å². The van der Waals surface area contributed by atoms with Gasteiger partial charge in [0.15, 0.2) is 0 Å². The van der Waals surface area contributed by atoms with E-state index in [9.17, 15) is 9.59 Å². The van der Waals surface area contributed by atoms with Crippen molar-refractivity contribution in [3.05, 3.63) is 12.7 Å². The van der Waals surface area contributed by atoms with Gasteiger partial charge in [-0.15, -0.1) is 6.58 Å². The van der Waals surface area contributed by atoms with Crippen LogP contribution in [-0.4, -0.2) is 41.9 Å². The van der Waals surface area contributed by atoms with E-state index in [0.717, 1.165) is 0 Å². The summed E-state index contributed by atoms with van der Waals surface area (Å²) in [5.41, 5.74) is 5.69. The van der Waals surface area contributed by atoms with E-state index < -0.39 is 6.04 Å². The Kier molecular flexibility index (Phi) is 7.21. The molecule has 98 valence electrons.